The number of allylic oxidation sites excluding steroid dienone is 1. The highest BCUT2D eigenvalue weighted by Crippen LogP contribution is 2.43. The van der Waals surface area contributed by atoms with E-state index < -0.39 is 17.9 Å². The largest absolute Gasteiger partial charge is 0.466 e. The van der Waals surface area contributed by atoms with Gasteiger partial charge in [0.2, 0.25) is 0 Å². The summed E-state index contributed by atoms with van der Waals surface area (Å²) in [6, 6.07) is 28.4. The number of nitriles is 1. The van der Waals surface area contributed by atoms with Crippen LogP contribution in [0.1, 0.15) is 11.5 Å². The summed E-state index contributed by atoms with van der Waals surface area (Å²) in [6.45, 7) is 0. The number of fused-ring (bicyclic) bond motifs is 1. The molecule has 3 aromatic carbocycles. The summed E-state index contributed by atoms with van der Waals surface area (Å²) in [4.78, 5) is 27.8. The number of hydrogen-bond donors (Lipinski definition) is 1. The van der Waals surface area contributed by atoms with Gasteiger partial charge < -0.3 is 19.8 Å². The number of esters is 2. The van der Waals surface area contributed by atoms with Crippen molar-refractivity contribution in [1.29, 1.82) is 5.26 Å². The molecule has 1 aliphatic rings. The van der Waals surface area contributed by atoms with Crippen molar-refractivity contribution in [3.8, 4) is 11.8 Å². The molecule has 5 rings (SSSR count). The molecule has 38 heavy (non-hydrogen) atoms. The van der Waals surface area contributed by atoms with Crippen LogP contribution in [0.25, 0.3) is 16.6 Å². The molecule has 0 spiro atoms. The SMILES string of the molecule is COC(=O)C1=C(C(=O)OC)N(c2ccc(-n3ccc4ccccc43)cc2)C(N)=C(C#N)C1c1ccccc1. The van der Waals surface area contributed by atoms with Crippen molar-refractivity contribution in [2.75, 3.05) is 19.1 Å². The quantitative estimate of drug-likeness (QED) is 0.398. The zero-order chi connectivity index (χ0) is 26.8. The van der Waals surface area contributed by atoms with Crippen LogP contribution in [0.2, 0.25) is 0 Å². The second-order valence-electron chi connectivity index (χ2n) is 8.60. The number of hydrogen-bond acceptors (Lipinski definition) is 7. The van der Waals surface area contributed by atoms with E-state index in [1.165, 1.54) is 19.1 Å². The van der Waals surface area contributed by atoms with Crippen LogP contribution in [0.3, 0.4) is 0 Å². The molecule has 0 saturated carbocycles. The van der Waals surface area contributed by atoms with Gasteiger partial charge in [-0.1, -0.05) is 48.5 Å². The molecule has 0 saturated heterocycles. The molecule has 0 fully saturated rings. The van der Waals surface area contributed by atoms with E-state index in [0.29, 0.717) is 11.3 Å². The second kappa shape index (κ2) is 9.99. The normalized spacial score (nSPS) is 15.4. The molecule has 0 aliphatic carbocycles. The Hall–Kier alpha value is -5.29. The molecule has 1 unspecified atom stereocenters. The third-order valence-corrected chi connectivity index (χ3v) is 6.60. The minimum Gasteiger partial charge on any atom is -0.466 e. The number of carbonyl (C=O) groups excluding carboxylic acids is 2. The Morgan fingerprint density at radius 2 is 1.47 bits per heavy atom. The fraction of sp³-hybridized carbons (Fsp3) is 0.100. The number of nitrogens with two attached hydrogens (primary N) is 1. The van der Waals surface area contributed by atoms with E-state index in [9.17, 15) is 14.9 Å². The molecule has 188 valence electrons. The zero-order valence-corrected chi connectivity index (χ0v) is 20.8. The van der Waals surface area contributed by atoms with Crippen LogP contribution in [0, 0.1) is 11.3 Å². The van der Waals surface area contributed by atoms with Gasteiger partial charge >= 0.3 is 11.9 Å². The number of anilines is 1. The molecule has 8 heteroatoms. The topological polar surface area (TPSA) is 111 Å². The van der Waals surface area contributed by atoms with Crippen LogP contribution in [0.4, 0.5) is 5.69 Å². The van der Waals surface area contributed by atoms with Gasteiger partial charge in [-0.25, -0.2) is 9.59 Å². The van der Waals surface area contributed by atoms with E-state index in [4.69, 9.17) is 15.2 Å². The molecule has 0 radical (unpaired) electrons. The van der Waals surface area contributed by atoms with Crippen molar-refractivity contribution in [3.05, 3.63) is 119 Å². The van der Waals surface area contributed by atoms with Gasteiger partial charge in [-0.15, -0.1) is 0 Å². The lowest BCUT2D eigenvalue weighted by Gasteiger charge is -2.36. The summed E-state index contributed by atoms with van der Waals surface area (Å²) in [5, 5.41) is 11.3. The highest BCUT2D eigenvalue weighted by atomic mass is 16.5. The number of aromatic nitrogens is 1. The number of nitrogens with zero attached hydrogens (tertiary/aromatic N) is 3. The van der Waals surface area contributed by atoms with Crippen molar-refractivity contribution >= 4 is 28.5 Å². The first-order valence-corrected chi connectivity index (χ1v) is 11.8. The first kappa shape index (κ1) is 24.4. The van der Waals surface area contributed by atoms with Gasteiger partial charge in [-0.05, 0) is 47.3 Å². The zero-order valence-electron chi connectivity index (χ0n) is 20.8. The summed E-state index contributed by atoms with van der Waals surface area (Å²) in [7, 11) is 2.44. The van der Waals surface area contributed by atoms with Gasteiger partial charge in [0.1, 0.15) is 11.5 Å². The van der Waals surface area contributed by atoms with E-state index in [0.717, 1.165) is 16.6 Å². The molecular formula is C30H24N4O4. The highest BCUT2D eigenvalue weighted by Gasteiger charge is 2.42. The minimum absolute atomic E-state index is 0.0218. The Morgan fingerprint density at radius 1 is 0.842 bits per heavy atom. The molecule has 1 aromatic heterocycles. The molecule has 0 amide bonds. The summed E-state index contributed by atoms with van der Waals surface area (Å²) >= 11 is 0. The maximum absolute atomic E-state index is 13.2. The Kier molecular flexibility index (Phi) is 6.42. The first-order valence-electron chi connectivity index (χ1n) is 11.8. The maximum atomic E-state index is 13.2. The lowest BCUT2D eigenvalue weighted by molar-refractivity contribution is -0.139. The monoisotopic (exact) mass is 504 g/mol. The van der Waals surface area contributed by atoms with Crippen molar-refractivity contribution in [1.82, 2.24) is 4.57 Å². The number of carbonyl (C=O) groups is 2. The van der Waals surface area contributed by atoms with Crippen LogP contribution in [0.5, 0.6) is 0 Å². The van der Waals surface area contributed by atoms with E-state index in [2.05, 4.69) is 6.07 Å². The average Bonchev–Trinajstić information content (AvgIpc) is 3.40. The summed E-state index contributed by atoms with van der Waals surface area (Å²) in [5.41, 5.74) is 9.56. The summed E-state index contributed by atoms with van der Waals surface area (Å²) in [5.74, 6) is -2.44. The highest BCUT2D eigenvalue weighted by molar-refractivity contribution is 6.06. The second-order valence-corrected chi connectivity index (χ2v) is 8.60. The Morgan fingerprint density at radius 3 is 2.13 bits per heavy atom. The first-order chi connectivity index (χ1) is 18.5. The standard InChI is InChI=1S/C30H24N4O4/c1-37-29(35)26-25(20-9-4-3-5-10-20)23(18-31)28(32)34(27(26)30(36)38-2)22-14-12-21(13-15-22)33-17-16-19-8-6-7-11-24(19)33/h3-17,25H,32H2,1-2H3. The van der Waals surface area contributed by atoms with Crippen molar-refractivity contribution in [2.24, 2.45) is 5.73 Å². The lowest BCUT2D eigenvalue weighted by Crippen LogP contribution is -2.40. The van der Waals surface area contributed by atoms with Crippen LogP contribution in [-0.2, 0) is 19.1 Å². The van der Waals surface area contributed by atoms with Crippen LogP contribution in [-0.4, -0.2) is 30.7 Å². The van der Waals surface area contributed by atoms with Crippen LogP contribution >= 0.6 is 0 Å². The summed E-state index contributed by atoms with van der Waals surface area (Å²) in [6.07, 6.45) is 1.97. The maximum Gasteiger partial charge on any atom is 0.355 e. The van der Waals surface area contributed by atoms with E-state index >= 15 is 0 Å². The van der Waals surface area contributed by atoms with E-state index in [1.54, 1.807) is 36.4 Å². The van der Waals surface area contributed by atoms with Gasteiger partial charge in [0.05, 0.1) is 42.9 Å². The Labute approximate surface area is 219 Å². The smallest absolute Gasteiger partial charge is 0.355 e. The fourth-order valence-corrected chi connectivity index (χ4v) is 4.85. The minimum atomic E-state index is -0.912. The van der Waals surface area contributed by atoms with Gasteiger partial charge in [0.15, 0.2) is 0 Å². The van der Waals surface area contributed by atoms with Gasteiger partial charge in [-0.3, -0.25) is 4.90 Å². The molecule has 1 atom stereocenters. The van der Waals surface area contributed by atoms with Crippen molar-refractivity contribution < 1.29 is 19.1 Å². The molecular weight excluding hydrogens is 480 g/mol. The average molecular weight is 505 g/mol. The van der Waals surface area contributed by atoms with E-state index in [1.807, 2.05) is 59.3 Å². The third-order valence-electron chi connectivity index (χ3n) is 6.60. The molecule has 4 aromatic rings. The number of rotatable bonds is 5. The van der Waals surface area contributed by atoms with Crippen LogP contribution < -0.4 is 10.6 Å². The van der Waals surface area contributed by atoms with Gasteiger partial charge in [-0.2, -0.15) is 5.26 Å². The number of benzene rings is 3. The molecule has 0 bridgehead atoms. The molecule has 2 N–H and O–H groups in total. The molecule has 8 nitrogen and oxygen atoms in total. The van der Waals surface area contributed by atoms with Crippen molar-refractivity contribution in [3.63, 3.8) is 0 Å². The number of para-hydroxylation sites is 1. The summed E-state index contributed by atoms with van der Waals surface area (Å²) < 4.78 is 12.2. The predicted octanol–water partition coefficient (Wildman–Crippen LogP) is 4.53. The Balaban J connectivity index is 1.70. The predicted molar refractivity (Wildman–Crippen MR) is 143 cm³/mol. The number of ether oxygens (including phenoxy) is 2. The lowest BCUT2D eigenvalue weighted by atomic mass is 9.81. The van der Waals surface area contributed by atoms with Crippen LogP contribution in [0.15, 0.2) is 114 Å². The third kappa shape index (κ3) is 3.96. The number of methoxy groups -OCH3 is 2. The fourth-order valence-electron chi connectivity index (χ4n) is 4.85. The molecule has 1 aliphatic heterocycles. The van der Waals surface area contributed by atoms with Crippen molar-refractivity contribution in [2.45, 2.75) is 5.92 Å². The van der Waals surface area contributed by atoms with E-state index in [-0.39, 0.29) is 22.7 Å². The van der Waals surface area contributed by atoms with Gasteiger partial charge in [0.25, 0.3) is 0 Å². The molecule has 2 heterocycles. The van der Waals surface area contributed by atoms with Gasteiger partial charge in [0, 0.05) is 17.6 Å². The Bertz CT molecular complexity index is 1640.